The standard InChI is InChI=1S/C21H24NO2.BrH/c1-22(2,3)16-10-11-17-24-21(23)20(18-12-6-4-7-13-18)19-14-8-5-9-15-19;/h4-9,12-15,20H,16-17H2,1-3H3;1H/q+1;/p-1. The van der Waals surface area contributed by atoms with E-state index < -0.39 is 5.92 Å². The van der Waals surface area contributed by atoms with Crippen molar-refractivity contribution in [3.63, 3.8) is 0 Å². The Bertz CT molecular complexity index is 673. The lowest BCUT2D eigenvalue weighted by molar-refractivity contribution is -0.862. The van der Waals surface area contributed by atoms with Gasteiger partial charge in [0.2, 0.25) is 0 Å². The van der Waals surface area contributed by atoms with E-state index in [9.17, 15) is 4.79 Å². The van der Waals surface area contributed by atoms with Gasteiger partial charge in [-0.3, -0.25) is 4.79 Å². The van der Waals surface area contributed by atoms with Crippen molar-refractivity contribution in [1.82, 2.24) is 0 Å². The van der Waals surface area contributed by atoms with Gasteiger partial charge in [-0.15, -0.1) is 0 Å². The molecule has 0 amide bonds. The summed E-state index contributed by atoms with van der Waals surface area (Å²) in [6.07, 6.45) is 0. The maximum atomic E-state index is 12.6. The lowest BCUT2D eigenvalue weighted by Gasteiger charge is -2.20. The zero-order valence-electron chi connectivity index (χ0n) is 14.9. The molecule has 0 unspecified atom stereocenters. The van der Waals surface area contributed by atoms with Crippen LogP contribution in [0, 0.1) is 11.8 Å². The zero-order valence-corrected chi connectivity index (χ0v) is 16.5. The summed E-state index contributed by atoms with van der Waals surface area (Å²) in [5, 5.41) is 0. The summed E-state index contributed by atoms with van der Waals surface area (Å²) in [4.78, 5) is 12.6. The van der Waals surface area contributed by atoms with E-state index in [1.807, 2.05) is 60.7 Å². The Morgan fingerprint density at radius 3 is 1.84 bits per heavy atom. The number of halogens is 1. The van der Waals surface area contributed by atoms with E-state index in [-0.39, 0.29) is 29.6 Å². The Labute approximate surface area is 161 Å². The van der Waals surface area contributed by atoms with Gasteiger partial charge in [-0.25, -0.2) is 0 Å². The van der Waals surface area contributed by atoms with Crippen LogP contribution in [0.15, 0.2) is 60.7 Å². The third kappa shape index (κ3) is 7.13. The molecular weight excluding hydrogens is 378 g/mol. The minimum Gasteiger partial charge on any atom is -1.00 e. The Morgan fingerprint density at radius 1 is 0.920 bits per heavy atom. The van der Waals surface area contributed by atoms with Crippen molar-refractivity contribution in [2.45, 2.75) is 5.92 Å². The molecule has 4 heteroatoms. The number of hydrogen-bond acceptors (Lipinski definition) is 2. The van der Waals surface area contributed by atoms with Gasteiger partial charge in [0.15, 0.2) is 6.61 Å². The molecule has 0 heterocycles. The monoisotopic (exact) mass is 401 g/mol. The maximum Gasteiger partial charge on any atom is 0.318 e. The van der Waals surface area contributed by atoms with E-state index >= 15 is 0 Å². The zero-order chi connectivity index (χ0) is 17.4. The van der Waals surface area contributed by atoms with E-state index in [0.717, 1.165) is 22.2 Å². The number of benzene rings is 2. The number of carbonyl (C=O) groups is 1. The third-order valence-corrected chi connectivity index (χ3v) is 3.47. The number of rotatable bonds is 5. The molecule has 0 aliphatic heterocycles. The normalized spacial score (nSPS) is 10.4. The first-order valence-electron chi connectivity index (χ1n) is 8.00. The first-order chi connectivity index (χ1) is 11.5. The number of hydrogen-bond donors (Lipinski definition) is 0. The van der Waals surface area contributed by atoms with Crippen molar-refractivity contribution in [1.29, 1.82) is 0 Å². The van der Waals surface area contributed by atoms with Crippen LogP contribution >= 0.6 is 0 Å². The van der Waals surface area contributed by atoms with Gasteiger partial charge in [0.1, 0.15) is 12.5 Å². The fraction of sp³-hybridized carbons (Fsp3) is 0.286. The maximum absolute atomic E-state index is 12.6. The largest absolute Gasteiger partial charge is 1.00 e. The van der Waals surface area contributed by atoms with Crippen LogP contribution in [0.5, 0.6) is 0 Å². The number of nitrogens with zero attached hydrogens (tertiary/aromatic N) is 1. The first kappa shape index (κ1) is 21.0. The van der Waals surface area contributed by atoms with E-state index in [4.69, 9.17) is 4.74 Å². The molecule has 0 saturated carbocycles. The minimum atomic E-state index is -0.424. The highest BCUT2D eigenvalue weighted by Gasteiger charge is 2.23. The molecule has 2 rings (SSSR count). The smallest absolute Gasteiger partial charge is 0.318 e. The molecule has 0 bridgehead atoms. The van der Waals surface area contributed by atoms with E-state index in [1.165, 1.54) is 0 Å². The van der Waals surface area contributed by atoms with Gasteiger partial charge in [0, 0.05) is 0 Å². The summed E-state index contributed by atoms with van der Waals surface area (Å²) in [6.45, 7) is 0.841. The molecule has 0 aliphatic carbocycles. The number of carbonyl (C=O) groups excluding carboxylic acids is 1. The fourth-order valence-electron chi connectivity index (χ4n) is 2.29. The predicted molar refractivity (Wildman–Crippen MR) is 96.4 cm³/mol. The lowest BCUT2D eigenvalue weighted by Crippen LogP contribution is -3.00. The van der Waals surface area contributed by atoms with Crippen LogP contribution in [-0.4, -0.2) is 44.7 Å². The van der Waals surface area contributed by atoms with Crippen molar-refractivity contribution in [3.8, 4) is 11.8 Å². The molecule has 3 nitrogen and oxygen atoms in total. The highest BCUT2D eigenvalue weighted by atomic mass is 79.9. The van der Waals surface area contributed by atoms with Crippen LogP contribution < -0.4 is 17.0 Å². The Balaban J connectivity index is 0.00000312. The van der Waals surface area contributed by atoms with E-state index in [2.05, 4.69) is 33.0 Å². The van der Waals surface area contributed by atoms with Crippen LogP contribution in [-0.2, 0) is 9.53 Å². The van der Waals surface area contributed by atoms with Gasteiger partial charge >= 0.3 is 5.97 Å². The van der Waals surface area contributed by atoms with Crippen molar-refractivity contribution in [2.24, 2.45) is 0 Å². The van der Waals surface area contributed by atoms with Crippen LogP contribution in [0.3, 0.4) is 0 Å². The van der Waals surface area contributed by atoms with Gasteiger partial charge in [-0.05, 0) is 17.0 Å². The second kappa shape index (κ2) is 10.0. The Kier molecular flexibility index (Phi) is 8.40. The summed E-state index contributed by atoms with van der Waals surface area (Å²) in [5.41, 5.74) is 1.85. The summed E-state index contributed by atoms with van der Waals surface area (Å²) >= 11 is 0. The molecule has 2 aromatic carbocycles. The lowest BCUT2D eigenvalue weighted by atomic mass is 9.91. The fourth-order valence-corrected chi connectivity index (χ4v) is 2.29. The van der Waals surface area contributed by atoms with Crippen LogP contribution in [0.1, 0.15) is 17.0 Å². The van der Waals surface area contributed by atoms with Crippen molar-refractivity contribution >= 4 is 5.97 Å². The molecule has 132 valence electrons. The average Bonchev–Trinajstić information content (AvgIpc) is 2.56. The molecule has 0 atom stereocenters. The molecule has 0 saturated heterocycles. The van der Waals surface area contributed by atoms with Crippen LogP contribution in [0.4, 0.5) is 0 Å². The summed E-state index contributed by atoms with van der Waals surface area (Å²) < 4.78 is 6.17. The van der Waals surface area contributed by atoms with Gasteiger partial charge in [0.25, 0.3) is 0 Å². The Morgan fingerprint density at radius 2 is 1.40 bits per heavy atom. The molecule has 0 fully saturated rings. The second-order valence-corrected chi connectivity index (χ2v) is 6.66. The summed E-state index contributed by atoms with van der Waals surface area (Å²) in [6, 6.07) is 19.4. The quantitative estimate of drug-likeness (QED) is 0.402. The topological polar surface area (TPSA) is 26.3 Å². The molecule has 2 aromatic rings. The minimum absolute atomic E-state index is 0. The molecule has 0 radical (unpaired) electrons. The first-order valence-corrected chi connectivity index (χ1v) is 8.00. The second-order valence-electron chi connectivity index (χ2n) is 6.66. The molecule has 0 aliphatic rings. The van der Waals surface area contributed by atoms with Crippen molar-refractivity contribution < 1.29 is 31.0 Å². The van der Waals surface area contributed by atoms with Gasteiger partial charge < -0.3 is 26.2 Å². The molecule has 0 N–H and O–H groups in total. The average molecular weight is 402 g/mol. The molecule has 0 aromatic heterocycles. The third-order valence-electron chi connectivity index (χ3n) is 3.47. The molecular formula is C21H24BrNO2. The summed E-state index contributed by atoms with van der Waals surface area (Å²) in [5.74, 6) is 5.27. The highest BCUT2D eigenvalue weighted by Crippen LogP contribution is 2.25. The van der Waals surface area contributed by atoms with Gasteiger partial charge in [-0.2, -0.15) is 0 Å². The van der Waals surface area contributed by atoms with Gasteiger partial charge in [0.05, 0.1) is 21.1 Å². The molecule has 0 spiro atoms. The Hall–Kier alpha value is -2.09. The van der Waals surface area contributed by atoms with Crippen LogP contribution in [0.2, 0.25) is 0 Å². The van der Waals surface area contributed by atoms with Crippen LogP contribution in [0.25, 0.3) is 0 Å². The number of esters is 1. The van der Waals surface area contributed by atoms with E-state index in [1.54, 1.807) is 0 Å². The summed E-state index contributed by atoms with van der Waals surface area (Å²) in [7, 11) is 6.21. The number of ether oxygens (including phenoxy) is 1. The van der Waals surface area contributed by atoms with Gasteiger partial charge in [-0.1, -0.05) is 66.6 Å². The number of quaternary nitrogens is 1. The predicted octanol–water partition coefficient (Wildman–Crippen LogP) is 0.0753. The SMILES string of the molecule is C[N+](C)(C)CC#CCOC(=O)C(c1ccccc1)c1ccccc1.[Br-]. The molecule has 25 heavy (non-hydrogen) atoms. The van der Waals surface area contributed by atoms with E-state index in [0.29, 0.717) is 0 Å². The highest BCUT2D eigenvalue weighted by molar-refractivity contribution is 5.82. The van der Waals surface area contributed by atoms with Crippen molar-refractivity contribution in [2.75, 3.05) is 34.3 Å². The van der Waals surface area contributed by atoms with Crippen molar-refractivity contribution in [3.05, 3.63) is 71.8 Å².